The summed E-state index contributed by atoms with van der Waals surface area (Å²) in [4.78, 5) is 33.3. The number of rotatable bonds is 3. The summed E-state index contributed by atoms with van der Waals surface area (Å²) in [7, 11) is 0. The average Bonchev–Trinajstić information content (AvgIpc) is 2.27. The van der Waals surface area contributed by atoms with E-state index < -0.39 is 48.6 Å². The van der Waals surface area contributed by atoms with Crippen molar-refractivity contribution in [3.63, 3.8) is 0 Å². The van der Waals surface area contributed by atoms with E-state index in [2.05, 4.69) is 0 Å². The van der Waals surface area contributed by atoms with Crippen LogP contribution in [0.15, 0.2) is 0 Å². The highest BCUT2D eigenvalue weighted by Crippen LogP contribution is 2.27. The van der Waals surface area contributed by atoms with E-state index in [1.165, 1.54) is 13.8 Å². The average molecular weight is 290 g/mol. The van der Waals surface area contributed by atoms with Crippen LogP contribution in [-0.4, -0.2) is 53.7 Å². The van der Waals surface area contributed by atoms with Gasteiger partial charge in [0.15, 0.2) is 24.6 Å². The maximum atomic E-state index is 11.2. The quantitative estimate of drug-likeness (QED) is 0.548. The Bertz CT molecular complexity index is 365. The molecule has 0 aromatic carbocycles. The molecule has 20 heavy (non-hydrogen) atoms. The van der Waals surface area contributed by atoms with Gasteiger partial charge in [-0.25, -0.2) is 0 Å². The van der Waals surface area contributed by atoms with Crippen molar-refractivity contribution >= 4 is 17.9 Å². The summed E-state index contributed by atoms with van der Waals surface area (Å²) in [5, 5.41) is 9.79. The van der Waals surface area contributed by atoms with Gasteiger partial charge in [0.25, 0.3) is 0 Å². The lowest BCUT2D eigenvalue weighted by molar-refractivity contribution is -0.288. The summed E-state index contributed by atoms with van der Waals surface area (Å²) < 4.78 is 20.1. The number of aliphatic hydroxyl groups is 1. The van der Waals surface area contributed by atoms with Gasteiger partial charge in [-0.1, -0.05) is 0 Å². The van der Waals surface area contributed by atoms with Crippen molar-refractivity contribution in [2.45, 2.75) is 58.4 Å². The number of ether oxygens (including phenoxy) is 4. The summed E-state index contributed by atoms with van der Waals surface area (Å²) in [5.41, 5.74) is 0. The van der Waals surface area contributed by atoms with Gasteiger partial charge in [-0.2, -0.15) is 0 Å². The normalized spacial score (nSPS) is 33.1. The predicted octanol–water partition coefficient (Wildman–Crippen LogP) is -0.481. The second-order valence-corrected chi connectivity index (χ2v) is 4.45. The van der Waals surface area contributed by atoms with Crippen molar-refractivity contribution in [3.05, 3.63) is 0 Å². The lowest BCUT2D eigenvalue weighted by Gasteiger charge is -2.41. The lowest BCUT2D eigenvalue weighted by atomic mass is 9.99. The monoisotopic (exact) mass is 290 g/mol. The van der Waals surface area contributed by atoms with Crippen LogP contribution in [0.4, 0.5) is 0 Å². The fourth-order valence-electron chi connectivity index (χ4n) is 1.99. The van der Waals surface area contributed by atoms with Crippen LogP contribution in [0.5, 0.6) is 0 Å². The zero-order valence-electron chi connectivity index (χ0n) is 11.7. The van der Waals surface area contributed by atoms with E-state index in [4.69, 9.17) is 18.9 Å². The van der Waals surface area contributed by atoms with Crippen molar-refractivity contribution in [2.24, 2.45) is 0 Å². The lowest BCUT2D eigenvalue weighted by Crippen LogP contribution is -2.60. The van der Waals surface area contributed by atoms with Crippen LogP contribution in [-0.2, 0) is 33.3 Å². The molecule has 0 spiro atoms. The van der Waals surface area contributed by atoms with Crippen molar-refractivity contribution in [2.75, 3.05) is 0 Å². The molecule has 8 nitrogen and oxygen atoms in total. The predicted molar refractivity (Wildman–Crippen MR) is 63.2 cm³/mol. The second-order valence-electron chi connectivity index (χ2n) is 4.45. The number of hydrogen-bond acceptors (Lipinski definition) is 8. The minimum absolute atomic E-state index is 0.611. The van der Waals surface area contributed by atoms with Gasteiger partial charge in [0.2, 0.25) is 0 Å². The molecule has 0 bridgehead atoms. The molecule has 2 unspecified atom stereocenters. The standard InChI is InChI=1S/C12H18O8/c1-5-9(18-6(2)13)10(19-7(3)14)11(12(16)17-5)20-8(4)15/h5,9-12,16H,1-4H3/t5?,9-,10-,11?,12+/m0/s1. The van der Waals surface area contributed by atoms with E-state index in [1.54, 1.807) is 0 Å². The molecule has 0 radical (unpaired) electrons. The molecule has 0 aromatic rings. The Morgan fingerprint density at radius 1 is 0.850 bits per heavy atom. The van der Waals surface area contributed by atoms with Crippen LogP contribution in [0.1, 0.15) is 27.7 Å². The van der Waals surface area contributed by atoms with Gasteiger partial charge in [0.1, 0.15) is 0 Å². The Morgan fingerprint density at radius 3 is 1.70 bits per heavy atom. The summed E-state index contributed by atoms with van der Waals surface area (Å²) in [6.45, 7) is 5.01. The molecule has 1 N–H and O–H groups in total. The number of carbonyl (C=O) groups is 3. The van der Waals surface area contributed by atoms with Crippen molar-refractivity contribution in [1.29, 1.82) is 0 Å². The largest absolute Gasteiger partial charge is 0.456 e. The molecule has 8 heteroatoms. The van der Waals surface area contributed by atoms with Gasteiger partial charge in [0.05, 0.1) is 6.10 Å². The van der Waals surface area contributed by atoms with Crippen LogP contribution in [0, 0.1) is 0 Å². The molecule has 1 aliphatic rings. The molecule has 0 amide bonds. The third-order valence-corrected chi connectivity index (χ3v) is 2.65. The highest BCUT2D eigenvalue weighted by molar-refractivity contribution is 5.68. The molecule has 0 saturated carbocycles. The zero-order chi connectivity index (χ0) is 15.4. The third kappa shape index (κ3) is 4.17. The van der Waals surface area contributed by atoms with E-state index >= 15 is 0 Å². The molecule has 1 aliphatic heterocycles. The Kier molecular flexibility index (Phi) is 5.46. The molecule has 1 saturated heterocycles. The number of esters is 3. The zero-order valence-corrected chi connectivity index (χ0v) is 11.7. The Labute approximate surface area is 115 Å². The summed E-state index contributed by atoms with van der Waals surface area (Å²) in [6.07, 6.45) is -5.60. The van der Waals surface area contributed by atoms with Gasteiger partial charge in [-0.3, -0.25) is 14.4 Å². The van der Waals surface area contributed by atoms with Gasteiger partial charge in [-0.15, -0.1) is 0 Å². The first-order valence-electron chi connectivity index (χ1n) is 6.07. The minimum atomic E-state index is -1.48. The maximum Gasteiger partial charge on any atom is 0.303 e. The first kappa shape index (κ1) is 16.4. The number of aliphatic hydroxyl groups excluding tert-OH is 1. The van der Waals surface area contributed by atoms with Gasteiger partial charge < -0.3 is 24.1 Å². The van der Waals surface area contributed by atoms with Crippen molar-refractivity contribution in [1.82, 2.24) is 0 Å². The van der Waals surface area contributed by atoms with E-state index in [1.807, 2.05) is 0 Å². The van der Waals surface area contributed by atoms with Gasteiger partial charge >= 0.3 is 17.9 Å². The maximum absolute atomic E-state index is 11.2. The van der Waals surface area contributed by atoms with Crippen LogP contribution >= 0.6 is 0 Å². The van der Waals surface area contributed by atoms with Crippen molar-refractivity contribution < 1.29 is 38.4 Å². The first-order valence-corrected chi connectivity index (χ1v) is 6.07. The van der Waals surface area contributed by atoms with Crippen LogP contribution < -0.4 is 0 Å². The van der Waals surface area contributed by atoms with Crippen LogP contribution in [0.3, 0.4) is 0 Å². The van der Waals surface area contributed by atoms with Gasteiger partial charge in [-0.05, 0) is 6.92 Å². The molecular weight excluding hydrogens is 272 g/mol. The molecule has 5 atom stereocenters. The molecular formula is C12H18O8. The van der Waals surface area contributed by atoms with Crippen LogP contribution in [0.2, 0.25) is 0 Å². The van der Waals surface area contributed by atoms with Crippen LogP contribution in [0.25, 0.3) is 0 Å². The van der Waals surface area contributed by atoms with E-state index in [0.29, 0.717) is 0 Å². The third-order valence-electron chi connectivity index (χ3n) is 2.65. The summed E-state index contributed by atoms with van der Waals surface area (Å²) in [6, 6.07) is 0. The fraction of sp³-hybridized carbons (Fsp3) is 0.750. The molecule has 1 rings (SSSR count). The highest BCUT2D eigenvalue weighted by atomic mass is 16.7. The number of carbonyl (C=O) groups excluding carboxylic acids is 3. The second kappa shape index (κ2) is 6.67. The molecule has 1 heterocycles. The molecule has 0 aromatic heterocycles. The Morgan fingerprint density at radius 2 is 1.25 bits per heavy atom. The SMILES string of the molecule is CC(=O)OC1[C@H](O)OC(C)[C@H](OC(C)=O)[C@@H]1OC(C)=O. The number of hydrogen-bond donors (Lipinski definition) is 1. The topological polar surface area (TPSA) is 108 Å². The van der Waals surface area contributed by atoms with E-state index in [-0.39, 0.29) is 0 Å². The summed E-state index contributed by atoms with van der Waals surface area (Å²) in [5.74, 6) is -1.96. The smallest absolute Gasteiger partial charge is 0.303 e. The first-order chi connectivity index (χ1) is 9.22. The highest BCUT2D eigenvalue weighted by Gasteiger charge is 2.49. The Balaban J connectivity index is 3.01. The molecule has 114 valence electrons. The van der Waals surface area contributed by atoms with Gasteiger partial charge in [0, 0.05) is 20.8 Å². The molecule has 0 aliphatic carbocycles. The molecule has 1 fully saturated rings. The Hall–Kier alpha value is -1.67. The fourth-order valence-corrected chi connectivity index (χ4v) is 1.99. The van der Waals surface area contributed by atoms with E-state index in [0.717, 1.165) is 13.8 Å². The summed E-state index contributed by atoms with van der Waals surface area (Å²) >= 11 is 0. The van der Waals surface area contributed by atoms with Crippen molar-refractivity contribution in [3.8, 4) is 0 Å². The minimum Gasteiger partial charge on any atom is -0.456 e. The van der Waals surface area contributed by atoms with E-state index in [9.17, 15) is 19.5 Å².